The Labute approximate surface area is 94.5 Å². The Morgan fingerprint density at radius 1 is 1.29 bits per heavy atom. The largest absolute Gasteiger partial charge is 0.416 e. The van der Waals surface area contributed by atoms with Crippen LogP contribution in [0.5, 0.6) is 0 Å². The first-order valence-corrected chi connectivity index (χ1v) is 4.87. The molecule has 0 amide bonds. The molecule has 1 aromatic heterocycles. The minimum Gasteiger partial charge on any atom is -0.313 e. The third-order valence-electron chi connectivity index (χ3n) is 2.33. The average molecular weight is 242 g/mol. The van der Waals surface area contributed by atoms with Crippen LogP contribution in [0.15, 0.2) is 41.5 Å². The summed E-state index contributed by atoms with van der Waals surface area (Å²) in [4.78, 5) is 13.6. The number of hydrogen-bond donors (Lipinski definition) is 1. The fraction of sp³-hybridized carbons (Fsp3) is 0.182. The van der Waals surface area contributed by atoms with Gasteiger partial charge in [-0.2, -0.15) is 13.2 Å². The molecule has 0 unspecified atom stereocenters. The van der Waals surface area contributed by atoms with Gasteiger partial charge in [-0.15, -0.1) is 0 Å². The van der Waals surface area contributed by atoms with E-state index in [0.29, 0.717) is 5.56 Å². The number of nitrogens with zero attached hydrogens (tertiary/aromatic N) is 1. The summed E-state index contributed by atoms with van der Waals surface area (Å²) in [5.74, 6) is 0. The van der Waals surface area contributed by atoms with Crippen LogP contribution in [0, 0.1) is 0 Å². The van der Waals surface area contributed by atoms with E-state index in [-0.39, 0.29) is 12.2 Å². The molecule has 1 N–H and O–H groups in total. The van der Waals surface area contributed by atoms with E-state index < -0.39 is 11.7 Å². The average Bonchev–Trinajstić information content (AvgIpc) is 2.64. The third kappa shape index (κ3) is 2.58. The molecule has 90 valence electrons. The van der Waals surface area contributed by atoms with E-state index >= 15 is 0 Å². The zero-order chi connectivity index (χ0) is 12.5. The molecule has 0 saturated heterocycles. The summed E-state index contributed by atoms with van der Waals surface area (Å²) in [6.45, 7) is 0.117. The summed E-state index contributed by atoms with van der Waals surface area (Å²) in [5.41, 5.74) is -0.623. The fourth-order valence-electron chi connectivity index (χ4n) is 1.52. The number of halogens is 3. The van der Waals surface area contributed by atoms with Crippen molar-refractivity contribution in [3.05, 3.63) is 58.3 Å². The van der Waals surface area contributed by atoms with E-state index in [1.54, 1.807) is 6.07 Å². The van der Waals surface area contributed by atoms with Gasteiger partial charge in [0, 0.05) is 12.4 Å². The second kappa shape index (κ2) is 4.12. The number of benzene rings is 1. The summed E-state index contributed by atoms with van der Waals surface area (Å²) in [6, 6.07) is 4.92. The summed E-state index contributed by atoms with van der Waals surface area (Å²) >= 11 is 0. The van der Waals surface area contributed by atoms with Gasteiger partial charge in [0.05, 0.1) is 12.1 Å². The molecule has 17 heavy (non-hydrogen) atoms. The van der Waals surface area contributed by atoms with E-state index in [0.717, 1.165) is 12.1 Å². The van der Waals surface area contributed by atoms with Crippen molar-refractivity contribution in [2.75, 3.05) is 0 Å². The standard InChI is InChI=1S/C11H9F3N2O/c12-11(13,14)9-3-1-2-8(6-9)7-16-5-4-15-10(16)17/h1-6H,7H2,(H,15,17). The topological polar surface area (TPSA) is 37.8 Å². The van der Waals surface area contributed by atoms with Gasteiger partial charge >= 0.3 is 11.9 Å². The number of nitrogens with one attached hydrogen (secondary N) is 1. The molecule has 2 aromatic rings. The van der Waals surface area contributed by atoms with E-state index in [4.69, 9.17) is 0 Å². The molecule has 0 atom stereocenters. The maximum atomic E-state index is 12.5. The lowest BCUT2D eigenvalue weighted by atomic mass is 10.1. The molecular weight excluding hydrogens is 233 g/mol. The Morgan fingerprint density at radius 2 is 2.06 bits per heavy atom. The van der Waals surface area contributed by atoms with Crippen molar-refractivity contribution in [1.82, 2.24) is 9.55 Å². The highest BCUT2D eigenvalue weighted by atomic mass is 19.4. The van der Waals surface area contributed by atoms with Gasteiger partial charge in [0.1, 0.15) is 0 Å². The van der Waals surface area contributed by atoms with E-state index in [1.807, 2.05) is 0 Å². The van der Waals surface area contributed by atoms with Gasteiger partial charge in [0.2, 0.25) is 0 Å². The molecule has 3 nitrogen and oxygen atoms in total. The molecule has 0 aliphatic rings. The van der Waals surface area contributed by atoms with Crippen molar-refractivity contribution >= 4 is 0 Å². The number of aromatic amines is 1. The molecule has 2 rings (SSSR count). The lowest BCUT2D eigenvalue weighted by Crippen LogP contribution is -2.17. The van der Waals surface area contributed by atoms with Crippen LogP contribution >= 0.6 is 0 Å². The molecule has 0 spiro atoms. The quantitative estimate of drug-likeness (QED) is 0.861. The Morgan fingerprint density at radius 3 is 2.65 bits per heavy atom. The van der Waals surface area contributed by atoms with Gasteiger partial charge in [0.25, 0.3) is 0 Å². The van der Waals surface area contributed by atoms with Gasteiger partial charge in [0.15, 0.2) is 0 Å². The molecule has 6 heteroatoms. The first-order chi connectivity index (χ1) is 7.97. The summed E-state index contributed by atoms with van der Waals surface area (Å²) in [7, 11) is 0. The molecule has 0 aliphatic carbocycles. The second-order valence-electron chi connectivity index (χ2n) is 3.59. The van der Waals surface area contributed by atoms with Crippen molar-refractivity contribution in [3.8, 4) is 0 Å². The van der Waals surface area contributed by atoms with Crippen LogP contribution in [-0.2, 0) is 12.7 Å². The van der Waals surface area contributed by atoms with Gasteiger partial charge in [-0.05, 0) is 17.7 Å². The Kier molecular flexibility index (Phi) is 2.79. The third-order valence-corrected chi connectivity index (χ3v) is 2.33. The van der Waals surface area contributed by atoms with Crippen molar-refractivity contribution in [2.45, 2.75) is 12.7 Å². The van der Waals surface area contributed by atoms with Crippen molar-refractivity contribution in [3.63, 3.8) is 0 Å². The first-order valence-electron chi connectivity index (χ1n) is 4.87. The fourth-order valence-corrected chi connectivity index (χ4v) is 1.52. The van der Waals surface area contributed by atoms with E-state index in [1.165, 1.54) is 23.0 Å². The van der Waals surface area contributed by atoms with Gasteiger partial charge in [-0.25, -0.2) is 4.79 Å². The molecule has 0 saturated carbocycles. The maximum Gasteiger partial charge on any atom is 0.416 e. The number of imidazole rings is 1. The van der Waals surface area contributed by atoms with Gasteiger partial charge < -0.3 is 4.98 Å². The monoisotopic (exact) mass is 242 g/mol. The van der Waals surface area contributed by atoms with Crippen LogP contribution in [-0.4, -0.2) is 9.55 Å². The Bertz CT molecular complexity index is 568. The minimum atomic E-state index is -4.36. The molecule has 0 aliphatic heterocycles. The highest BCUT2D eigenvalue weighted by molar-refractivity contribution is 5.25. The highest BCUT2D eigenvalue weighted by Crippen LogP contribution is 2.29. The zero-order valence-electron chi connectivity index (χ0n) is 8.66. The van der Waals surface area contributed by atoms with E-state index in [9.17, 15) is 18.0 Å². The molecule has 0 bridgehead atoms. The molecule has 0 radical (unpaired) electrons. The number of rotatable bonds is 2. The zero-order valence-corrected chi connectivity index (χ0v) is 8.66. The molecule has 0 fully saturated rings. The molecular formula is C11H9F3N2O. The normalized spacial score (nSPS) is 11.7. The number of hydrogen-bond acceptors (Lipinski definition) is 1. The maximum absolute atomic E-state index is 12.5. The van der Waals surface area contributed by atoms with Crippen LogP contribution in [0.4, 0.5) is 13.2 Å². The van der Waals surface area contributed by atoms with Gasteiger partial charge in [-0.1, -0.05) is 12.1 Å². The smallest absolute Gasteiger partial charge is 0.313 e. The number of H-pyrrole nitrogens is 1. The number of aromatic nitrogens is 2. The van der Waals surface area contributed by atoms with Crippen LogP contribution in [0.3, 0.4) is 0 Å². The van der Waals surface area contributed by atoms with Crippen molar-refractivity contribution in [1.29, 1.82) is 0 Å². The van der Waals surface area contributed by atoms with Crippen LogP contribution < -0.4 is 5.69 Å². The summed E-state index contributed by atoms with van der Waals surface area (Å²) in [6.07, 6.45) is -1.43. The van der Waals surface area contributed by atoms with Crippen LogP contribution in [0.25, 0.3) is 0 Å². The second-order valence-corrected chi connectivity index (χ2v) is 3.59. The van der Waals surface area contributed by atoms with Crippen LogP contribution in [0.2, 0.25) is 0 Å². The highest BCUT2D eigenvalue weighted by Gasteiger charge is 2.30. The Hall–Kier alpha value is -1.98. The number of alkyl halides is 3. The predicted molar refractivity (Wildman–Crippen MR) is 55.6 cm³/mol. The van der Waals surface area contributed by atoms with Gasteiger partial charge in [-0.3, -0.25) is 4.57 Å². The molecule has 1 aromatic carbocycles. The summed E-state index contributed by atoms with van der Waals surface area (Å²) in [5, 5.41) is 0. The first kappa shape index (κ1) is 11.5. The van der Waals surface area contributed by atoms with Crippen molar-refractivity contribution in [2.24, 2.45) is 0 Å². The molecule has 1 heterocycles. The lowest BCUT2D eigenvalue weighted by molar-refractivity contribution is -0.137. The minimum absolute atomic E-state index is 0.117. The predicted octanol–water partition coefficient (Wildman–Crippen LogP) is 2.24. The lowest BCUT2D eigenvalue weighted by Gasteiger charge is -2.08. The summed E-state index contributed by atoms with van der Waals surface area (Å²) < 4.78 is 38.7. The SMILES string of the molecule is O=c1[nH]ccn1Cc1cccc(C(F)(F)F)c1. The Balaban J connectivity index is 2.29. The van der Waals surface area contributed by atoms with Crippen LogP contribution in [0.1, 0.15) is 11.1 Å². The van der Waals surface area contributed by atoms with E-state index in [2.05, 4.69) is 4.98 Å². The van der Waals surface area contributed by atoms with Crippen molar-refractivity contribution < 1.29 is 13.2 Å².